The van der Waals surface area contributed by atoms with Crippen LogP contribution in [0.15, 0.2) is 12.1 Å². The molecule has 0 aliphatic carbocycles. The third-order valence-electron chi connectivity index (χ3n) is 1.29. The van der Waals surface area contributed by atoms with Gasteiger partial charge in [-0.3, -0.25) is 0 Å². The van der Waals surface area contributed by atoms with Crippen LogP contribution in [0.4, 0.5) is 14.5 Å². The van der Waals surface area contributed by atoms with E-state index in [-0.39, 0.29) is 10.7 Å². The highest BCUT2D eigenvalue weighted by Crippen LogP contribution is 2.24. The van der Waals surface area contributed by atoms with Crippen molar-refractivity contribution in [3.8, 4) is 0 Å². The zero-order valence-electron chi connectivity index (χ0n) is 5.79. The molecule has 0 saturated carbocycles. The van der Waals surface area contributed by atoms with Crippen molar-refractivity contribution in [2.75, 3.05) is 12.4 Å². The number of halogens is 3. The summed E-state index contributed by atoms with van der Waals surface area (Å²) in [4.78, 5) is 0. The van der Waals surface area contributed by atoms with E-state index in [1.54, 1.807) is 0 Å². The minimum atomic E-state index is -0.755. The second kappa shape index (κ2) is 3.05. The predicted octanol–water partition coefficient (Wildman–Crippen LogP) is 2.66. The fourth-order valence-electron chi connectivity index (χ4n) is 0.756. The van der Waals surface area contributed by atoms with E-state index < -0.39 is 11.6 Å². The second-order valence-electron chi connectivity index (χ2n) is 1.97. The Morgan fingerprint density at radius 1 is 1.36 bits per heavy atom. The van der Waals surface area contributed by atoms with Crippen molar-refractivity contribution >= 4 is 17.3 Å². The molecule has 1 N–H and O–H groups in total. The van der Waals surface area contributed by atoms with Gasteiger partial charge in [0.15, 0.2) is 5.82 Å². The van der Waals surface area contributed by atoms with E-state index in [4.69, 9.17) is 11.6 Å². The van der Waals surface area contributed by atoms with Crippen LogP contribution in [0, 0.1) is 11.6 Å². The average Bonchev–Trinajstić information content (AvgIpc) is 1.99. The summed E-state index contributed by atoms with van der Waals surface area (Å²) >= 11 is 5.38. The molecular weight excluding hydrogens is 172 g/mol. The second-order valence-corrected chi connectivity index (χ2v) is 2.38. The van der Waals surface area contributed by atoms with Gasteiger partial charge in [-0.1, -0.05) is 11.6 Å². The Morgan fingerprint density at radius 3 is 2.45 bits per heavy atom. The van der Waals surface area contributed by atoms with E-state index >= 15 is 0 Å². The third kappa shape index (κ3) is 1.43. The first-order chi connectivity index (χ1) is 5.16. The minimum Gasteiger partial charge on any atom is -0.383 e. The number of rotatable bonds is 1. The van der Waals surface area contributed by atoms with Crippen LogP contribution in [0.2, 0.25) is 5.02 Å². The van der Waals surface area contributed by atoms with Crippen molar-refractivity contribution in [1.29, 1.82) is 0 Å². The number of benzene rings is 1. The summed E-state index contributed by atoms with van der Waals surface area (Å²) in [6, 6.07) is 2.28. The van der Waals surface area contributed by atoms with Gasteiger partial charge in [-0.25, -0.2) is 8.78 Å². The van der Waals surface area contributed by atoms with Gasteiger partial charge < -0.3 is 5.32 Å². The molecule has 0 aliphatic heterocycles. The molecule has 0 unspecified atom stereocenters. The molecule has 1 aromatic rings. The van der Waals surface area contributed by atoms with Gasteiger partial charge in [0, 0.05) is 7.05 Å². The summed E-state index contributed by atoms with van der Waals surface area (Å²) < 4.78 is 25.5. The van der Waals surface area contributed by atoms with Gasteiger partial charge in [-0.05, 0) is 12.1 Å². The summed E-state index contributed by atoms with van der Waals surface area (Å²) in [6.45, 7) is 0. The Bertz CT molecular complexity index is 275. The van der Waals surface area contributed by atoms with Gasteiger partial charge in [-0.15, -0.1) is 0 Å². The maximum Gasteiger partial charge on any atom is 0.167 e. The molecule has 1 nitrogen and oxygen atoms in total. The lowest BCUT2D eigenvalue weighted by Crippen LogP contribution is -1.96. The molecular formula is C7H6ClF2N. The van der Waals surface area contributed by atoms with Crippen molar-refractivity contribution in [2.24, 2.45) is 0 Å². The van der Waals surface area contributed by atoms with Crippen molar-refractivity contribution in [2.45, 2.75) is 0 Å². The lowest BCUT2D eigenvalue weighted by Gasteiger charge is -2.03. The molecule has 0 saturated heterocycles. The molecule has 11 heavy (non-hydrogen) atoms. The van der Waals surface area contributed by atoms with Crippen LogP contribution in [-0.2, 0) is 0 Å². The summed E-state index contributed by atoms with van der Waals surface area (Å²) in [5, 5.41) is 2.28. The smallest absolute Gasteiger partial charge is 0.167 e. The summed E-state index contributed by atoms with van der Waals surface area (Å²) in [5.41, 5.74) is -0.197. The molecule has 0 spiro atoms. The highest BCUT2D eigenvalue weighted by Gasteiger charge is 2.09. The van der Waals surface area contributed by atoms with Gasteiger partial charge in [-0.2, -0.15) is 0 Å². The standard InChI is InChI=1S/C7H6ClF2N/c1-11-7-5(9)3-2-4(8)6(7)10/h2-3,11H,1H3. The van der Waals surface area contributed by atoms with E-state index in [1.165, 1.54) is 13.1 Å². The van der Waals surface area contributed by atoms with Crippen LogP contribution in [0.5, 0.6) is 0 Å². The maximum absolute atomic E-state index is 12.8. The van der Waals surface area contributed by atoms with Crippen LogP contribution in [0.3, 0.4) is 0 Å². The van der Waals surface area contributed by atoms with Gasteiger partial charge in [0.2, 0.25) is 0 Å². The quantitative estimate of drug-likeness (QED) is 0.651. The van der Waals surface area contributed by atoms with E-state index in [9.17, 15) is 8.78 Å². The van der Waals surface area contributed by atoms with Crippen LogP contribution in [-0.4, -0.2) is 7.05 Å². The predicted molar refractivity (Wildman–Crippen MR) is 40.9 cm³/mol. The molecule has 0 atom stereocenters. The van der Waals surface area contributed by atoms with Crippen LogP contribution in [0.1, 0.15) is 0 Å². The lowest BCUT2D eigenvalue weighted by atomic mass is 10.3. The Morgan fingerprint density at radius 2 is 2.00 bits per heavy atom. The molecule has 0 heterocycles. The Kier molecular flexibility index (Phi) is 2.29. The number of hydrogen-bond donors (Lipinski definition) is 1. The van der Waals surface area contributed by atoms with Crippen LogP contribution in [0.25, 0.3) is 0 Å². The summed E-state index contributed by atoms with van der Waals surface area (Å²) in [5.74, 6) is -1.40. The minimum absolute atomic E-state index is 0.0873. The topological polar surface area (TPSA) is 12.0 Å². The van der Waals surface area contributed by atoms with E-state index in [2.05, 4.69) is 5.32 Å². The molecule has 1 rings (SSSR count). The molecule has 0 amide bonds. The number of nitrogens with one attached hydrogen (secondary N) is 1. The highest BCUT2D eigenvalue weighted by molar-refractivity contribution is 6.31. The molecule has 4 heteroatoms. The highest BCUT2D eigenvalue weighted by atomic mass is 35.5. The van der Waals surface area contributed by atoms with Crippen LogP contribution >= 0.6 is 11.6 Å². The fraction of sp³-hybridized carbons (Fsp3) is 0.143. The van der Waals surface area contributed by atoms with E-state index in [0.717, 1.165) is 6.07 Å². The molecule has 0 bridgehead atoms. The molecule has 0 radical (unpaired) electrons. The largest absolute Gasteiger partial charge is 0.383 e. The molecule has 0 fully saturated rings. The Hall–Kier alpha value is -0.830. The zero-order valence-corrected chi connectivity index (χ0v) is 6.54. The molecule has 0 aromatic heterocycles. The molecule has 1 aromatic carbocycles. The van der Waals surface area contributed by atoms with E-state index in [0.29, 0.717) is 0 Å². The Balaban J connectivity index is 3.29. The number of anilines is 1. The van der Waals surface area contributed by atoms with E-state index in [1.807, 2.05) is 0 Å². The van der Waals surface area contributed by atoms with Crippen molar-refractivity contribution in [3.63, 3.8) is 0 Å². The van der Waals surface area contributed by atoms with Crippen molar-refractivity contribution < 1.29 is 8.78 Å². The zero-order chi connectivity index (χ0) is 8.43. The van der Waals surface area contributed by atoms with Gasteiger partial charge in [0.1, 0.15) is 11.5 Å². The summed E-state index contributed by atoms with van der Waals surface area (Å²) in [6.07, 6.45) is 0. The van der Waals surface area contributed by atoms with Gasteiger partial charge >= 0.3 is 0 Å². The monoisotopic (exact) mass is 177 g/mol. The number of hydrogen-bond acceptors (Lipinski definition) is 1. The first-order valence-corrected chi connectivity index (χ1v) is 3.36. The van der Waals surface area contributed by atoms with Crippen molar-refractivity contribution in [3.05, 3.63) is 28.8 Å². The average molecular weight is 178 g/mol. The van der Waals surface area contributed by atoms with Gasteiger partial charge in [0.05, 0.1) is 5.02 Å². The van der Waals surface area contributed by atoms with Crippen molar-refractivity contribution in [1.82, 2.24) is 0 Å². The SMILES string of the molecule is CNc1c(F)ccc(Cl)c1F. The lowest BCUT2D eigenvalue weighted by molar-refractivity contribution is 0.590. The van der Waals surface area contributed by atoms with Crippen LogP contribution < -0.4 is 5.32 Å². The molecule has 60 valence electrons. The summed E-state index contributed by atoms with van der Waals surface area (Å²) in [7, 11) is 1.43. The van der Waals surface area contributed by atoms with Gasteiger partial charge in [0.25, 0.3) is 0 Å². The fourth-order valence-corrected chi connectivity index (χ4v) is 0.914. The molecule has 0 aliphatic rings. The Labute approximate surface area is 68.0 Å². The normalized spacial score (nSPS) is 9.82. The maximum atomic E-state index is 12.8. The first kappa shape index (κ1) is 8.27. The first-order valence-electron chi connectivity index (χ1n) is 2.98. The third-order valence-corrected chi connectivity index (χ3v) is 1.59.